The van der Waals surface area contributed by atoms with E-state index in [1.165, 1.54) is 13.2 Å². The fraction of sp³-hybridized carbons (Fsp3) is 0.474. The minimum atomic E-state index is -0.198. The number of ether oxygens (including phenoxy) is 4. The van der Waals surface area contributed by atoms with Gasteiger partial charge in [-0.05, 0) is 36.6 Å². The third-order valence-electron chi connectivity index (χ3n) is 4.61. The summed E-state index contributed by atoms with van der Waals surface area (Å²) >= 11 is 0. The number of fused-ring (bicyclic) bond motifs is 1. The molecule has 1 aromatic rings. The lowest BCUT2D eigenvalue weighted by Gasteiger charge is -2.29. The quantitative estimate of drug-likeness (QED) is 0.602. The Bertz CT molecular complexity index is 689. The predicted molar refractivity (Wildman–Crippen MR) is 94.3 cm³/mol. The van der Waals surface area contributed by atoms with Crippen molar-refractivity contribution in [2.24, 2.45) is 5.92 Å². The molecule has 140 valence electrons. The fourth-order valence-corrected chi connectivity index (χ4v) is 3.16. The lowest BCUT2D eigenvalue weighted by atomic mass is 9.97. The second-order valence-electron chi connectivity index (χ2n) is 6.20. The molecule has 0 unspecified atom stereocenters. The highest BCUT2D eigenvalue weighted by atomic mass is 16.6. The molecule has 2 aliphatic heterocycles. The molecule has 0 bridgehead atoms. The predicted octanol–water partition coefficient (Wildman–Crippen LogP) is 1.89. The summed E-state index contributed by atoms with van der Waals surface area (Å²) in [6, 6.07) is 3.63. The maximum absolute atomic E-state index is 12.4. The molecule has 3 rings (SSSR count). The highest BCUT2D eigenvalue weighted by Crippen LogP contribution is 2.40. The monoisotopic (exact) mass is 361 g/mol. The molecule has 0 saturated carbocycles. The fourth-order valence-electron chi connectivity index (χ4n) is 3.16. The van der Waals surface area contributed by atoms with Gasteiger partial charge >= 0.3 is 5.97 Å². The minimum Gasteiger partial charge on any atom is -0.493 e. The van der Waals surface area contributed by atoms with Crippen LogP contribution < -0.4 is 14.2 Å². The second-order valence-corrected chi connectivity index (χ2v) is 6.20. The van der Waals surface area contributed by atoms with Gasteiger partial charge in [0.05, 0.1) is 20.1 Å². The number of esters is 1. The summed E-state index contributed by atoms with van der Waals surface area (Å²) < 4.78 is 21.3. The normalized spacial score (nSPS) is 17.2. The lowest BCUT2D eigenvalue weighted by molar-refractivity contribution is -0.148. The molecule has 2 heterocycles. The number of likely N-dealkylation sites (tertiary alicyclic amines) is 1. The molecule has 0 spiro atoms. The Balaban J connectivity index is 1.65. The molecular weight excluding hydrogens is 338 g/mol. The van der Waals surface area contributed by atoms with E-state index in [-0.39, 0.29) is 17.8 Å². The van der Waals surface area contributed by atoms with Gasteiger partial charge in [-0.2, -0.15) is 0 Å². The topological polar surface area (TPSA) is 74.3 Å². The van der Waals surface area contributed by atoms with E-state index in [0.29, 0.717) is 56.4 Å². The number of methoxy groups -OCH3 is 2. The average molecular weight is 361 g/mol. The van der Waals surface area contributed by atoms with E-state index < -0.39 is 0 Å². The van der Waals surface area contributed by atoms with Gasteiger partial charge < -0.3 is 23.8 Å². The van der Waals surface area contributed by atoms with Gasteiger partial charge in [-0.1, -0.05) is 0 Å². The highest BCUT2D eigenvalue weighted by Gasteiger charge is 2.27. The van der Waals surface area contributed by atoms with Crippen LogP contribution >= 0.6 is 0 Å². The van der Waals surface area contributed by atoms with E-state index in [2.05, 4.69) is 0 Å². The first-order valence-electron chi connectivity index (χ1n) is 8.65. The first kappa shape index (κ1) is 18.1. The first-order chi connectivity index (χ1) is 12.6. The number of carbonyl (C=O) groups excluding carboxylic acids is 2. The van der Waals surface area contributed by atoms with Crippen molar-refractivity contribution in [2.75, 3.05) is 40.5 Å². The number of amides is 1. The van der Waals surface area contributed by atoms with Gasteiger partial charge in [-0.25, -0.2) is 0 Å². The van der Waals surface area contributed by atoms with Crippen LogP contribution in [-0.4, -0.2) is 57.3 Å². The molecular formula is C19H23NO6. The summed E-state index contributed by atoms with van der Waals surface area (Å²) in [5, 5.41) is 0. The number of nitrogens with zero attached hydrogens (tertiary/aromatic N) is 1. The Kier molecular flexibility index (Phi) is 5.65. The summed E-state index contributed by atoms with van der Waals surface area (Å²) in [6.45, 7) is 2.07. The number of hydrogen-bond acceptors (Lipinski definition) is 6. The third-order valence-corrected chi connectivity index (χ3v) is 4.61. The van der Waals surface area contributed by atoms with Crippen LogP contribution in [0.5, 0.6) is 17.2 Å². The van der Waals surface area contributed by atoms with Crippen LogP contribution in [-0.2, 0) is 14.3 Å². The number of benzene rings is 1. The summed E-state index contributed by atoms with van der Waals surface area (Å²) in [5.41, 5.74) is 0.795. The largest absolute Gasteiger partial charge is 0.493 e. The maximum Gasteiger partial charge on any atom is 0.308 e. The molecule has 1 aromatic carbocycles. The molecule has 0 aromatic heterocycles. The Morgan fingerprint density at radius 2 is 1.88 bits per heavy atom. The minimum absolute atomic E-state index is 0.0813. The maximum atomic E-state index is 12.4. The van der Waals surface area contributed by atoms with Crippen molar-refractivity contribution in [1.82, 2.24) is 4.90 Å². The number of piperidine rings is 1. The Morgan fingerprint density at radius 1 is 1.15 bits per heavy atom. The number of hydrogen-bond donors (Lipinski definition) is 0. The highest BCUT2D eigenvalue weighted by molar-refractivity contribution is 5.92. The van der Waals surface area contributed by atoms with Crippen LogP contribution in [0.15, 0.2) is 18.2 Å². The summed E-state index contributed by atoms with van der Waals surface area (Å²) in [6.07, 6.45) is 4.52. The van der Waals surface area contributed by atoms with E-state index >= 15 is 0 Å². The van der Waals surface area contributed by atoms with Crippen LogP contribution in [0, 0.1) is 5.92 Å². The summed E-state index contributed by atoms with van der Waals surface area (Å²) in [7, 11) is 2.96. The molecule has 7 heteroatoms. The smallest absolute Gasteiger partial charge is 0.308 e. The zero-order chi connectivity index (χ0) is 18.5. The summed E-state index contributed by atoms with van der Waals surface area (Å²) in [5.74, 6) is 1.38. The van der Waals surface area contributed by atoms with Crippen LogP contribution in [0.25, 0.3) is 6.08 Å². The van der Waals surface area contributed by atoms with Gasteiger partial charge in [0, 0.05) is 19.2 Å². The Morgan fingerprint density at radius 3 is 2.58 bits per heavy atom. The van der Waals surface area contributed by atoms with E-state index in [1.54, 1.807) is 24.2 Å². The molecule has 0 atom stereocenters. The van der Waals surface area contributed by atoms with Gasteiger partial charge in [-0.3, -0.25) is 9.59 Å². The van der Waals surface area contributed by atoms with Crippen molar-refractivity contribution < 1.29 is 28.5 Å². The second kappa shape index (κ2) is 8.12. The van der Waals surface area contributed by atoms with Crippen molar-refractivity contribution in [3.8, 4) is 17.2 Å². The molecule has 1 fully saturated rings. The van der Waals surface area contributed by atoms with Gasteiger partial charge in [0.25, 0.3) is 0 Å². The van der Waals surface area contributed by atoms with Crippen LogP contribution in [0.4, 0.5) is 0 Å². The molecule has 0 N–H and O–H groups in total. The van der Waals surface area contributed by atoms with E-state index in [9.17, 15) is 9.59 Å². The Labute approximate surface area is 152 Å². The zero-order valence-electron chi connectivity index (χ0n) is 15.0. The Hall–Kier alpha value is -2.70. The van der Waals surface area contributed by atoms with Crippen molar-refractivity contribution >= 4 is 18.0 Å². The first-order valence-corrected chi connectivity index (χ1v) is 8.65. The molecule has 1 amide bonds. The van der Waals surface area contributed by atoms with E-state index in [1.807, 2.05) is 6.07 Å². The third kappa shape index (κ3) is 3.92. The molecule has 0 radical (unpaired) electrons. The van der Waals surface area contributed by atoms with Crippen molar-refractivity contribution in [3.63, 3.8) is 0 Å². The number of rotatable bonds is 4. The van der Waals surface area contributed by atoms with Crippen molar-refractivity contribution in [1.29, 1.82) is 0 Å². The zero-order valence-corrected chi connectivity index (χ0v) is 15.0. The standard InChI is InChI=1S/C19H23NO6/c1-23-15-11-13(12-16-18(15)26-10-9-25-16)3-4-17(21)20-7-5-14(6-8-20)19(22)24-2/h3-4,11-12,14H,5-10H2,1-2H3. The van der Waals surface area contributed by atoms with Gasteiger partial charge in [0.2, 0.25) is 11.7 Å². The molecule has 1 saturated heterocycles. The van der Waals surface area contributed by atoms with E-state index in [0.717, 1.165) is 5.56 Å². The van der Waals surface area contributed by atoms with Crippen molar-refractivity contribution in [3.05, 3.63) is 23.8 Å². The molecule has 2 aliphatic rings. The molecule has 0 aliphatic carbocycles. The van der Waals surface area contributed by atoms with E-state index in [4.69, 9.17) is 18.9 Å². The molecule has 26 heavy (non-hydrogen) atoms. The van der Waals surface area contributed by atoms with Gasteiger partial charge in [0.15, 0.2) is 11.5 Å². The lowest BCUT2D eigenvalue weighted by Crippen LogP contribution is -2.39. The van der Waals surface area contributed by atoms with Gasteiger partial charge in [-0.15, -0.1) is 0 Å². The number of carbonyl (C=O) groups is 2. The average Bonchev–Trinajstić information content (AvgIpc) is 2.70. The van der Waals surface area contributed by atoms with Crippen molar-refractivity contribution in [2.45, 2.75) is 12.8 Å². The SMILES string of the molecule is COC(=O)C1CCN(C(=O)C=Cc2cc(OC)c3c(c2)OCCO3)CC1. The van der Waals surface area contributed by atoms with Crippen LogP contribution in [0.3, 0.4) is 0 Å². The van der Waals surface area contributed by atoms with Gasteiger partial charge in [0.1, 0.15) is 13.2 Å². The van der Waals surface area contributed by atoms with Crippen LogP contribution in [0.1, 0.15) is 18.4 Å². The summed E-state index contributed by atoms with van der Waals surface area (Å²) in [4.78, 5) is 25.7. The van der Waals surface area contributed by atoms with Crippen LogP contribution in [0.2, 0.25) is 0 Å². The molecule has 7 nitrogen and oxygen atoms in total.